The molecule has 0 aromatic rings. The van der Waals surface area contributed by atoms with Gasteiger partial charge in [-0.15, -0.1) is 0 Å². The van der Waals surface area contributed by atoms with E-state index in [4.69, 9.17) is 0 Å². The number of hydrogen-bond acceptors (Lipinski definition) is 2. The first kappa shape index (κ1) is 11.0. The van der Waals surface area contributed by atoms with Crippen LogP contribution in [0.1, 0.15) is 39.5 Å². The van der Waals surface area contributed by atoms with Gasteiger partial charge in [0.05, 0.1) is 11.5 Å². The third-order valence-electron chi connectivity index (χ3n) is 3.11. The van der Waals surface area contributed by atoms with E-state index in [1.807, 2.05) is 0 Å². The van der Waals surface area contributed by atoms with Crippen molar-refractivity contribution >= 4 is 9.84 Å². The lowest BCUT2D eigenvalue weighted by Gasteiger charge is -2.24. The molecule has 0 amide bonds. The van der Waals surface area contributed by atoms with E-state index in [9.17, 15) is 8.42 Å². The van der Waals surface area contributed by atoms with Gasteiger partial charge in [-0.1, -0.05) is 20.3 Å². The molecule has 0 saturated carbocycles. The van der Waals surface area contributed by atoms with Gasteiger partial charge >= 0.3 is 0 Å². The second kappa shape index (κ2) is 4.45. The molecule has 0 N–H and O–H groups in total. The van der Waals surface area contributed by atoms with Gasteiger partial charge in [-0.05, 0) is 31.1 Å². The van der Waals surface area contributed by atoms with Gasteiger partial charge < -0.3 is 0 Å². The highest BCUT2D eigenvalue weighted by Crippen LogP contribution is 2.26. The van der Waals surface area contributed by atoms with E-state index in [-0.39, 0.29) is 0 Å². The Balaban J connectivity index is 2.33. The van der Waals surface area contributed by atoms with Crippen LogP contribution < -0.4 is 0 Å². The third kappa shape index (κ3) is 3.67. The van der Waals surface area contributed by atoms with Crippen LogP contribution in [0.15, 0.2) is 0 Å². The number of hydrogen-bond donors (Lipinski definition) is 0. The number of rotatable bonds is 3. The summed E-state index contributed by atoms with van der Waals surface area (Å²) in [5.41, 5.74) is 0. The summed E-state index contributed by atoms with van der Waals surface area (Å²) in [5, 5.41) is 0. The van der Waals surface area contributed by atoms with E-state index in [2.05, 4.69) is 13.8 Å². The summed E-state index contributed by atoms with van der Waals surface area (Å²) < 4.78 is 22.3. The smallest absolute Gasteiger partial charge is 0.150 e. The van der Waals surface area contributed by atoms with Gasteiger partial charge in [-0.25, -0.2) is 8.42 Å². The molecular formula is C10H20O2S. The maximum atomic E-state index is 11.2. The Morgan fingerprint density at radius 2 is 1.85 bits per heavy atom. The Morgan fingerprint density at radius 1 is 1.31 bits per heavy atom. The van der Waals surface area contributed by atoms with E-state index in [1.165, 1.54) is 12.8 Å². The summed E-state index contributed by atoms with van der Waals surface area (Å²) in [6.07, 6.45) is 4.22. The maximum absolute atomic E-state index is 11.2. The third-order valence-corrected chi connectivity index (χ3v) is 4.82. The molecule has 78 valence electrons. The van der Waals surface area contributed by atoms with Crippen LogP contribution in [-0.2, 0) is 9.84 Å². The molecular weight excluding hydrogens is 184 g/mol. The Morgan fingerprint density at radius 3 is 2.31 bits per heavy atom. The van der Waals surface area contributed by atoms with E-state index in [0.29, 0.717) is 17.4 Å². The summed E-state index contributed by atoms with van der Waals surface area (Å²) >= 11 is 0. The van der Waals surface area contributed by atoms with Gasteiger partial charge in [-0.2, -0.15) is 0 Å². The van der Waals surface area contributed by atoms with Crippen molar-refractivity contribution in [2.75, 3.05) is 11.5 Å². The van der Waals surface area contributed by atoms with Crippen molar-refractivity contribution in [3.63, 3.8) is 0 Å². The standard InChI is InChI=1S/C10H20O2S/c1-3-9(2)8-10-4-6-13(11,12)7-5-10/h9-10H,3-8H2,1-2H3. The molecule has 13 heavy (non-hydrogen) atoms. The minimum Gasteiger partial charge on any atom is -0.229 e. The fourth-order valence-corrected chi connectivity index (χ4v) is 3.50. The van der Waals surface area contributed by atoms with Crippen molar-refractivity contribution in [1.82, 2.24) is 0 Å². The topological polar surface area (TPSA) is 34.1 Å². The molecule has 0 bridgehead atoms. The Labute approximate surface area is 81.6 Å². The molecule has 0 aromatic heterocycles. The minimum atomic E-state index is -2.66. The first-order valence-electron chi connectivity index (χ1n) is 5.24. The monoisotopic (exact) mass is 204 g/mol. The predicted octanol–water partition coefficient (Wildman–Crippen LogP) is 2.25. The molecule has 2 nitrogen and oxygen atoms in total. The van der Waals surface area contributed by atoms with Gasteiger partial charge in [-0.3, -0.25) is 0 Å². The highest BCUT2D eigenvalue weighted by molar-refractivity contribution is 7.91. The molecule has 1 unspecified atom stereocenters. The zero-order valence-corrected chi connectivity index (χ0v) is 9.44. The maximum Gasteiger partial charge on any atom is 0.150 e. The van der Waals surface area contributed by atoms with E-state index in [0.717, 1.165) is 18.8 Å². The molecule has 1 rings (SSSR count). The van der Waals surface area contributed by atoms with Crippen LogP contribution in [0.25, 0.3) is 0 Å². The first-order valence-corrected chi connectivity index (χ1v) is 7.06. The molecule has 3 heteroatoms. The predicted molar refractivity (Wildman–Crippen MR) is 55.4 cm³/mol. The zero-order valence-electron chi connectivity index (χ0n) is 8.62. The Hall–Kier alpha value is -0.0500. The van der Waals surface area contributed by atoms with Crippen LogP contribution in [0.5, 0.6) is 0 Å². The molecule has 1 fully saturated rings. The molecule has 0 aliphatic carbocycles. The SMILES string of the molecule is CCC(C)CC1CCS(=O)(=O)CC1. The van der Waals surface area contributed by atoms with Gasteiger partial charge in [0.1, 0.15) is 9.84 Å². The van der Waals surface area contributed by atoms with Gasteiger partial charge in [0.15, 0.2) is 0 Å². The quantitative estimate of drug-likeness (QED) is 0.706. The molecule has 0 aromatic carbocycles. The minimum absolute atomic E-state index is 0.425. The second-order valence-electron chi connectivity index (χ2n) is 4.34. The molecule has 1 heterocycles. The van der Waals surface area contributed by atoms with Crippen molar-refractivity contribution in [3.05, 3.63) is 0 Å². The summed E-state index contributed by atoms with van der Waals surface area (Å²) in [5.74, 6) is 2.27. The van der Waals surface area contributed by atoms with Crippen LogP contribution in [0.4, 0.5) is 0 Å². The van der Waals surface area contributed by atoms with E-state index >= 15 is 0 Å². The molecule has 0 spiro atoms. The van der Waals surface area contributed by atoms with Crippen molar-refractivity contribution in [2.45, 2.75) is 39.5 Å². The lowest BCUT2D eigenvalue weighted by atomic mass is 9.90. The summed E-state index contributed by atoms with van der Waals surface area (Å²) in [6.45, 7) is 4.45. The summed E-state index contributed by atoms with van der Waals surface area (Å²) in [7, 11) is -2.66. The largest absolute Gasteiger partial charge is 0.229 e. The van der Waals surface area contributed by atoms with Crippen molar-refractivity contribution in [3.8, 4) is 0 Å². The summed E-state index contributed by atoms with van der Waals surface area (Å²) in [4.78, 5) is 0. The van der Waals surface area contributed by atoms with Crippen LogP contribution in [-0.4, -0.2) is 19.9 Å². The van der Waals surface area contributed by atoms with Crippen molar-refractivity contribution in [1.29, 1.82) is 0 Å². The number of sulfone groups is 1. The molecule has 1 aliphatic rings. The highest BCUT2D eigenvalue weighted by atomic mass is 32.2. The zero-order chi connectivity index (χ0) is 9.90. The van der Waals surface area contributed by atoms with E-state index < -0.39 is 9.84 Å². The van der Waals surface area contributed by atoms with Gasteiger partial charge in [0.2, 0.25) is 0 Å². The normalized spacial score (nSPS) is 25.7. The summed E-state index contributed by atoms with van der Waals surface area (Å²) in [6, 6.07) is 0. The van der Waals surface area contributed by atoms with Crippen molar-refractivity contribution < 1.29 is 8.42 Å². The average Bonchev–Trinajstić information content (AvgIpc) is 2.08. The van der Waals surface area contributed by atoms with Gasteiger partial charge in [0.25, 0.3) is 0 Å². The van der Waals surface area contributed by atoms with Crippen molar-refractivity contribution in [2.24, 2.45) is 11.8 Å². The lowest BCUT2D eigenvalue weighted by Crippen LogP contribution is -2.24. The first-order chi connectivity index (χ1) is 6.03. The fraction of sp³-hybridized carbons (Fsp3) is 1.00. The lowest BCUT2D eigenvalue weighted by molar-refractivity contribution is 0.356. The van der Waals surface area contributed by atoms with Crippen LogP contribution in [0, 0.1) is 11.8 Å². The molecule has 1 atom stereocenters. The molecule has 0 radical (unpaired) electrons. The Bertz CT molecular complexity index is 230. The molecule has 1 aliphatic heterocycles. The Kier molecular flexibility index (Phi) is 3.77. The van der Waals surface area contributed by atoms with E-state index in [1.54, 1.807) is 0 Å². The average molecular weight is 204 g/mol. The van der Waals surface area contributed by atoms with Crippen LogP contribution in [0.3, 0.4) is 0 Å². The highest BCUT2D eigenvalue weighted by Gasteiger charge is 2.24. The van der Waals surface area contributed by atoms with Gasteiger partial charge in [0, 0.05) is 0 Å². The van der Waals surface area contributed by atoms with Crippen LogP contribution >= 0.6 is 0 Å². The van der Waals surface area contributed by atoms with Crippen LogP contribution in [0.2, 0.25) is 0 Å². The molecule has 1 saturated heterocycles. The second-order valence-corrected chi connectivity index (χ2v) is 6.65. The fourth-order valence-electron chi connectivity index (χ4n) is 1.91.